The van der Waals surface area contributed by atoms with E-state index in [9.17, 15) is 9.59 Å². The van der Waals surface area contributed by atoms with E-state index in [1.165, 1.54) is 7.11 Å². The number of hydrogen-bond acceptors (Lipinski definition) is 9. The summed E-state index contributed by atoms with van der Waals surface area (Å²) < 4.78 is 18.1. The summed E-state index contributed by atoms with van der Waals surface area (Å²) in [6, 6.07) is 17.1. The molecule has 3 aromatic carbocycles. The van der Waals surface area contributed by atoms with E-state index >= 15 is 0 Å². The molecule has 1 N–H and O–H groups in total. The molecule has 1 amide bonds. The first-order valence-electron chi connectivity index (χ1n) is 11.4. The van der Waals surface area contributed by atoms with Gasteiger partial charge in [0, 0.05) is 16.8 Å². The number of benzene rings is 3. The van der Waals surface area contributed by atoms with E-state index in [-0.39, 0.29) is 5.75 Å². The number of tetrazole rings is 1. The molecule has 2 aromatic heterocycles. The predicted molar refractivity (Wildman–Crippen MR) is 139 cm³/mol. The van der Waals surface area contributed by atoms with Crippen LogP contribution in [0.15, 0.2) is 64.2 Å². The van der Waals surface area contributed by atoms with Crippen molar-refractivity contribution in [3.8, 4) is 11.4 Å². The first-order chi connectivity index (χ1) is 17.9. The largest absolute Gasteiger partial charge is 0.495 e. The molecule has 5 rings (SSSR count). The third kappa shape index (κ3) is 5.12. The van der Waals surface area contributed by atoms with Crippen LogP contribution in [0.4, 0.5) is 5.69 Å². The predicted octanol–water partition coefficient (Wildman–Crippen LogP) is 4.46. The number of nitrogens with one attached hydrogen (secondary N) is 1. The number of fused-ring (bicyclic) bond motifs is 3. The van der Waals surface area contributed by atoms with Crippen molar-refractivity contribution in [2.75, 3.05) is 24.8 Å². The fourth-order valence-electron chi connectivity index (χ4n) is 3.88. The first-order valence-corrected chi connectivity index (χ1v) is 12.3. The van der Waals surface area contributed by atoms with Crippen molar-refractivity contribution >= 4 is 51.3 Å². The van der Waals surface area contributed by atoms with Crippen molar-refractivity contribution in [1.29, 1.82) is 0 Å². The van der Waals surface area contributed by atoms with Crippen molar-refractivity contribution in [3.05, 3.63) is 65.7 Å². The van der Waals surface area contributed by atoms with Crippen molar-refractivity contribution in [1.82, 2.24) is 20.2 Å². The Morgan fingerprint density at radius 2 is 1.89 bits per heavy atom. The van der Waals surface area contributed by atoms with Crippen LogP contribution in [0.25, 0.3) is 27.6 Å². The molecule has 2 heterocycles. The Balaban J connectivity index is 1.20. The second kappa shape index (κ2) is 10.3. The van der Waals surface area contributed by atoms with E-state index in [1.54, 1.807) is 16.8 Å². The Kier molecular flexibility index (Phi) is 6.78. The van der Waals surface area contributed by atoms with Gasteiger partial charge in [0.1, 0.15) is 16.9 Å². The Labute approximate surface area is 215 Å². The summed E-state index contributed by atoms with van der Waals surface area (Å²) in [5.74, 6) is -0.678. The maximum Gasteiger partial charge on any atom is 0.316 e. The Morgan fingerprint density at radius 3 is 2.73 bits per heavy atom. The summed E-state index contributed by atoms with van der Waals surface area (Å²) in [6.07, 6.45) is 0. The standard InChI is InChI=1S/C26H23N5O5S/c1-15-8-9-16(2)20(10-15)31-26(28-29-30-31)37-14-25(33)35-13-24(32)27-19-12-22-18(11-23(19)34-3)17-6-4-5-7-21(17)36-22/h4-12H,13-14H2,1-3H3,(H,27,32). The number of amides is 1. The van der Waals surface area contributed by atoms with Gasteiger partial charge in [-0.05, 0) is 53.6 Å². The van der Waals surface area contributed by atoms with Gasteiger partial charge in [0.25, 0.3) is 5.91 Å². The van der Waals surface area contributed by atoms with Crippen LogP contribution in [0.5, 0.6) is 5.75 Å². The molecule has 0 atom stereocenters. The van der Waals surface area contributed by atoms with E-state index in [4.69, 9.17) is 13.9 Å². The highest BCUT2D eigenvalue weighted by Gasteiger charge is 2.17. The van der Waals surface area contributed by atoms with Gasteiger partial charge >= 0.3 is 5.97 Å². The SMILES string of the molecule is COc1cc2c(cc1NC(=O)COC(=O)CSc1nnnn1-c1cc(C)ccc1C)oc1ccccc12. The lowest BCUT2D eigenvalue weighted by atomic mass is 10.1. The number of anilines is 1. The van der Waals surface area contributed by atoms with Gasteiger partial charge in [0.15, 0.2) is 6.61 Å². The van der Waals surface area contributed by atoms with Gasteiger partial charge in [-0.1, -0.05) is 42.1 Å². The lowest BCUT2D eigenvalue weighted by Crippen LogP contribution is -2.22. The summed E-state index contributed by atoms with van der Waals surface area (Å²) >= 11 is 1.12. The number of furan rings is 1. The van der Waals surface area contributed by atoms with Crippen LogP contribution >= 0.6 is 11.8 Å². The van der Waals surface area contributed by atoms with Gasteiger partial charge in [0.05, 0.1) is 24.2 Å². The van der Waals surface area contributed by atoms with Gasteiger partial charge in [-0.25, -0.2) is 0 Å². The van der Waals surface area contributed by atoms with Gasteiger partial charge in [0.2, 0.25) is 5.16 Å². The third-order valence-electron chi connectivity index (χ3n) is 5.69. The Bertz CT molecular complexity index is 1630. The molecular formula is C26H23N5O5S. The number of aromatic nitrogens is 4. The number of ether oxygens (including phenoxy) is 2. The van der Waals surface area contributed by atoms with Crippen LogP contribution < -0.4 is 10.1 Å². The third-order valence-corrected chi connectivity index (χ3v) is 6.58. The van der Waals surface area contributed by atoms with Gasteiger partial charge in [-0.15, -0.1) is 5.10 Å². The topological polar surface area (TPSA) is 121 Å². The minimum Gasteiger partial charge on any atom is -0.495 e. The van der Waals surface area contributed by atoms with Crippen molar-refractivity contribution in [3.63, 3.8) is 0 Å². The molecule has 0 spiro atoms. The monoisotopic (exact) mass is 517 g/mol. The molecule has 0 bridgehead atoms. The van der Waals surface area contributed by atoms with Crippen LogP contribution in [0.3, 0.4) is 0 Å². The molecule has 0 radical (unpaired) electrons. The molecule has 11 heteroatoms. The average Bonchev–Trinajstić information content (AvgIpc) is 3.51. The number of methoxy groups -OCH3 is 1. The van der Waals surface area contributed by atoms with Crippen LogP contribution in [0.1, 0.15) is 11.1 Å². The minimum absolute atomic E-state index is 0.0627. The van der Waals surface area contributed by atoms with Crippen molar-refractivity contribution in [2.45, 2.75) is 19.0 Å². The van der Waals surface area contributed by atoms with Gasteiger partial charge < -0.3 is 19.2 Å². The number of thioether (sulfide) groups is 1. The number of esters is 1. The molecule has 0 saturated carbocycles. The Morgan fingerprint density at radius 1 is 1.05 bits per heavy atom. The van der Waals surface area contributed by atoms with Crippen LogP contribution in [-0.4, -0.2) is 51.6 Å². The number of aryl methyl sites for hydroxylation is 2. The second-order valence-corrected chi connectivity index (χ2v) is 9.25. The van der Waals surface area contributed by atoms with E-state index in [0.717, 1.165) is 44.9 Å². The smallest absolute Gasteiger partial charge is 0.316 e. The molecule has 188 valence electrons. The van der Waals surface area contributed by atoms with Crippen molar-refractivity contribution in [2.24, 2.45) is 0 Å². The molecular weight excluding hydrogens is 494 g/mol. The highest BCUT2D eigenvalue weighted by atomic mass is 32.2. The number of hydrogen-bond donors (Lipinski definition) is 1. The maximum absolute atomic E-state index is 12.5. The molecule has 0 fully saturated rings. The first kappa shape index (κ1) is 24.3. The van der Waals surface area contributed by atoms with Gasteiger partial charge in [-0.3, -0.25) is 9.59 Å². The quantitative estimate of drug-likeness (QED) is 0.235. The Hall–Kier alpha value is -4.38. The maximum atomic E-state index is 12.5. The average molecular weight is 518 g/mol. The highest BCUT2D eigenvalue weighted by molar-refractivity contribution is 7.99. The van der Waals surface area contributed by atoms with Crippen LogP contribution in [0, 0.1) is 13.8 Å². The zero-order chi connectivity index (χ0) is 25.9. The van der Waals surface area contributed by atoms with Crippen LogP contribution in [-0.2, 0) is 14.3 Å². The normalized spacial score (nSPS) is 11.1. The number of nitrogens with zero attached hydrogens (tertiary/aromatic N) is 4. The molecule has 0 aliphatic carbocycles. The summed E-state index contributed by atoms with van der Waals surface area (Å²) in [4.78, 5) is 24.8. The summed E-state index contributed by atoms with van der Waals surface area (Å²) in [6.45, 7) is 3.48. The number of carbonyl (C=O) groups is 2. The molecule has 0 aliphatic rings. The minimum atomic E-state index is -0.574. The molecule has 0 saturated heterocycles. The van der Waals surface area contributed by atoms with E-state index in [2.05, 4.69) is 20.8 Å². The number of para-hydroxylation sites is 1. The van der Waals surface area contributed by atoms with E-state index in [1.807, 2.05) is 56.3 Å². The molecule has 0 unspecified atom stereocenters. The fraction of sp³-hybridized carbons (Fsp3) is 0.192. The molecule has 5 aromatic rings. The highest BCUT2D eigenvalue weighted by Crippen LogP contribution is 2.36. The zero-order valence-corrected chi connectivity index (χ0v) is 21.2. The molecule has 0 aliphatic heterocycles. The lowest BCUT2D eigenvalue weighted by molar-refractivity contribution is -0.144. The summed E-state index contributed by atoms with van der Waals surface area (Å²) in [5.41, 5.74) is 4.64. The zero-order valence-electron chi connectivity index (χ0n) is 20.3. The summed E-state index contributed by atoms with van der Waals surface area (Å²) in [5, 5.41) is 16.7. The van der Waals surface area contributed by atoms with Crippen molar-refractivity contribution < 1.29 is 23.5 Å². The fourth-order valence-corrected chi connectivity index (χ4v) is 4.56. The van der Waals surface area contributed by atoms with Crippen LogP contribution in [0.2, 0.25) is 0 Å². The number of rotatable bonds is 8. The number of carbonyl (C=O) groups excluding carboxylic acids is 2. The van der Waals surface area contributed by atoms with E-state index in [0.29, 0.717) is 22.2 Å². The summed E-state index contributed by atoms with van der Waals surface area (Å²) in [7, 11) is 1.52. The molecule has 37 heavy (non-hydrogen) atoms. The lowest BCUT2D eigenvalue weighted by Gasteiger charge is -2.11. The second-order valence-electron chi connectivity index (χ2n) is 8.31. The molecule has 10 nitrogen and oxygen atoms in total. The van der Waals surface area contributed by atoms with Gasteiger partial charge in [-0.2, -0.15) is 4.68 Å². The van der Waals surface area contributed by atoms with E-state index < -0.39 is 18.5 Å².